The number of hydrogen-bond donors (Lipinski definition) is 1. The maximum absolute atomic E-state index is 12.7. The van der Waals surface area contributed by atoms with E-state index in [-0.39, 0.29) is 17.6 Å². The number of thioether (sulfide) groups is 1. The Morgan fingerprint density at radius 1 is 1.40 bits per heavy atom. The zero-order chi connectivity index (χ0) is 21.7. The number of anilines is 1. The van der Waals surface area contributed by atoms with Gasteiger partial charge in [0, 0.05) is 17.8 Å². The van der Waals surface area contributed by atoms with Gasteiger partial charge in [-0.2, -0.15) is 0 Å². The zero-order valence-corrected chi connectivity index (χ0v) is 19.3. The molecule has 1 aliphatic rings. The highest BCUT2D eigenvalue weighted by Crippen LogP contribution is 2.40. The molecule has 0 radical (unpaired) electrons. The molecule has 0 fully saturated rings. The van der Waals surface area contributed by atoms with Gasteiger partial charge in [0.05, 0.1) is 17.9 Å². The fraction of sp³-hybridized carbons (Fsp3) is 0.524. The lowest BCUT2D eigenvalue weighted by molar-refractivity contribution is -0.113. The number of fused-ring (bicyclic) bond motifs is 1. The van der Waals surface area contributed by atoms with Crippen LogP contribution in [0.5, 0.6) is 0 Å². The van der Waals surface area contributed by atoms with Crippen molar-refractivity contribution in [3.05, 3.63) is 34.5 Å². The second kappa shape index (κ2) is 10.3. The van der Waals surface area contributed by atoms with Crippen LogP contribution in [0.15, 0.2) is 17.8 Å². The van der Waals surface area contributed by atoms with E-state index in [0.717, 1.165) is 37.1 Å². The first-order valence-electron chi connectivity index (χ1n) is 10.3. The van der Waals surface area contributed by atoms with Crippen LogP contribution in [-0.2, 0) is 35.3 Å². The van der Waals surface area contributed by atoms with Crippen molar-refractivity contribution in [2.45, 2.75) is 58.2 Å². The third kappa shape index (κ3) is 4.95. The summed E-state index contributed by atoms with van der Waals surface area (Å²) in [6.45, 7) is 10.7. The lowest BCUT2D eigenvalue weighted by atomic mass is 9.88. The monoisotopic (exact) mass is 448 g/mol. The van der Waals surface area contributed by atoms with Crippen LogP contribution in [0, 0.1) is 5.92 Å². The Morgan fingerprint density at radius 3 is 2.90 bits per heavy atom. The number of ether oxygens (including phenoxy) is 1. The number of nitrogens with one attached hydrogen (secondary N) is 1. The third-order valence-corrected chi connectivity index (χ3v) is 7.13. The van der Waals surface area contributed by atoms with Gasteiger partial charge in [0.1, 0.15) is 10.8 Å². The van der Waals surface area contributed by atoms with Crippen LogP contribution >= 0.6 is 23.1 Å². The predicted molar refractivity (Wildman–Crippen MR) is 120 cm³/mol. The summed E-state index contributed by atoms with van der Waals surface area (Å²) >= 11 is 2.83. The van der Waals surface area contributed by atoms with E-state index < -0.39 is 0 Å². The van der Waals surface area contributed by atoms with Gasteiger partial charge in [-0.05, 0) is 37.7 Å². The Balaban J connectivity index is 1.74. The van der Waals surface area contributed by atoms with Gasteiger partial charge < -0.3 is 14.6 Å². The van der Waals surface area contributed by atoms with E-state index in [4.69, 9.17) is 4.74 Å². The molecule has 0 aromatic carbocycles. The molecular weight excluding hydrogens is 420 g/mol. The molecule has 2 aromatic rings. The number of hydrogen-bond acceptors (Lipinski definition) is 7. The van der Waals surface area contributed by atoms with Crippen molar-refractivity contribution < 1.29 is 14.3 Å². The Morgan fingerprint density at radius 2 is 2.20 bits per heavy atom. The summed E-state index contributed by atoms with van der Waals surface area (Å²) in [6.07, 6.45) is 5.36. The number of nitrogens with zero attached hydrogens (tertiary/aromatic N) is 3. The topological polar surface area (TPSA) is 86.1 Å². The number of allylic oxidation sites excluding steroid dienone is 1. The van der Waals surface area contributed by atoms with E-state index in [9.17, 15) is 9.59 Å². The smallest absolute Gasteiger partial charge is 0.341 e. The van der Waals surface area contributed by atoms with E-state index in [1.807, 2.05) is 11.5 Å². The Hall–Kier alpha value is -2.13. The van der Waals surface area contributed by atoms with Crippen LogP contribution in [0.2, 0.25) is 0 Å². The van der Waals surface area contributed by atoms with Crippen molar-refractivity contribution in [2.75, 3.05) is 17.7 Å². The average Bonchev–Trinajstić information content (AvgIpc) is 3.26. The average molecular weight is 449 g/mol. The minimum atomic E-state index is -0.356. The van der Waals surface area contributed by atoms with Gasteiger partial charge in [-0.25, -0.2) is 4.79 Å². The molecule has 3 rings (SSSR count). The second-order valence-corrected chi connectivity index (χ2v) is 9.31. The summed E-state index contributed by atoms with van der Waals surface area (Å²) in [5.74, 6) is 1.09. The molecule has 0 saturated heterocycles. The van der Waals surface area contributed by atoms with Gasteiger partial charge in [0.2, 0.25) is 5.91 Å². The lowest BCUT2D eigenvalue weighted by Gasteiger charge is -2.18. The fourth-order valence-corrected chi connectivity index (χ4v) is 5.73. The number of aromatic nitrogens is 3. The quantitative estimate of drug-likeness (QED) is 0.353. The maximum Gasteiger partial charge on any atom is 0.341 e. The van der Waals surface area contributed by atoms with Crippen molar-refractivity contribution in [1.29, 1.82) is 0 Å². The molecule has 1 amide bonds. The highest BCUT2D eigenvalue weighted by atomic mass is 32.2. The molecule has 0 spiro atoms. The highest BCUT2D eigenvalue weighted by molar-refractivity contribution is 7.99. The predicted octanol–water partition coefficient (Wildman–Crippen LogP) is 4.12. The van der Waals surface area contributed by atoms with E-state index in [0.29, 0.717) is 34.8 Å². The van der Waals surface area contributed by atoms with Crippen molar-refractivity contribution in [1.82, 2.24) is 14.8 Å². The number of thiophene rings is 1. The van der Waals surface area contributed by atoms with Crippen molar-refractivity contribution in [2.24, 2.45) is 5.92 Å². The van der Waals surface area contributed by atoms with Gasteiger partial charge >= 0.3 is 5.97 Å². The summed E-state index contributed by atoms with van der Waals surface area (Å²) < 4.78 is 7.23. The minimum Gasteiger partial charge on any atom is -0.462 e. The molecule has 7 nitrogen and oxygen atoms in total. The molecule has 1 aliphatic carbocycles. The molecule has 1 unspecified atom stereocenters. The summed E-state index contributed by atoms with van der Waals surface area (Å²) in [6, 6.07) is 0. The normalized spacial score (nSPS) is 15.5. The van der Waals surface area contributed by atoms with Crippen LogP contribution in [0.3, 0.4) is 0 Å². The number of carbonyl (C=O) groups excluding carboxylic acids is 2. The van der Waals surface area contributed by atoms with Crippen LogP contribution < -0.4 is 5.32 Å². The van der Waals surface area contributed by atoms with E-state index in [2.05, 4.69) is 29.0 Å². The molecule has 0 saturated carbocycles. The molecule has 30 heavy (non-hydrogen) atoms. The summed E-state index contributed by atoms with van der Waals surface area (Å²) in [5.41, 5.74) is 1.57. The van der Waals surface area contributed by atoms with Crippen molar-refractivity contribution >= 4 is 40.0 Å². The SMILES string of the molecule is C=CCn1c(CC)nnc1SCC(=O)Nc1sc2c(c1C(=O)OCC)CCC(C)C2. The van der Waals surface area contributed by atoms with Gasteiger partial charge in [0.15, 0.2) is 5.16 Å². The van der Waals surface area contributed by atoms with Gasteiger partial charge in [0.25, 0.3) is 0 Å². The molecule has 2 aromatic heterocycles. The molecule has 0 aliphatic heterocycles. The number of amides is 1. The zero-order valence-electron chi connectivity index (χ0n) is 17.7. The second-order valence-electron chi connectivity index (χ2n) is 7.26. The molecule has 2 heterocycles. The van der Waals surface area contributed by atoms with Crippen LogP contribution in [-0.4, -0.2) is 39.0 Å². The molecule has 1 N–H and O–H groups in total. The minimum absolute atomic E-state index is 0.177. The maximum atomic E-state index is 12.7. The van der Waals surface area contributed by atoms with E-state index in [1.54, 1.807) is 13.0 Å². The fourth-order valence-electron chi connectivity index (χ4n) is 3.55. The molecule has 9 heteroatoms. The van der Waals surface area contributed by atoms with E-state index >= 15 is 0 Å². The molecule has 162 valence electrons. The van der Waals surface area contributed by atoms with Gasteiger partial charge in [-0.3, -0.25) is 4.79 Å². The van der Waals surface area contributed by atoms with Gasteiger partial charge in [-0.1, -0.05) is 31.7 Å². The first-order valence-corrected chi connectivity index (χ1v) is 12.1. The number of aryl methyl sites for hydroxylation is 1. The number of rotatable bonds is 9. The Labute approximate surface area is 185 Å². The van der Waals surface area contributed by atoms with E-state index in [1.165, 1.54) is 28.0 Å². The largest absolute Gasteiger partial charge is 0.462 e. The van der Waals surface area contributed by atoms with Gasteiger partial charge in [-0.15, -0.1) is 28.1 Å². The standard InChI is InChI=1S/C21H28N4O3S2/c1-5-10-25-16(6-2)23-24-21(25)29-12-17(26)22-19-18(20(27)28-7-3)14-9-8-13(4)11-15(14)30-19/h5,13H,1,6-12H2,2-4H3,(H,22,26). The van der Waals surface area contributed by atoms with Crippen LogP contribution in [0.1, 0.15) is 53.8 Å². The number of esters is 1. The van der Waals surface area contributed by atoms with Crippen LogP contribution in [0.4, 0.5) is 5.00 Å². The summed E-state index contributed by atoms with van der Waals surface area (Å²) in [4.78, 5) is 26.5. The van der Waals surface area contributed by atoms with Crippen molar-refractivity contribution in [3.8, 4) is 0 Å². The first-order chi connectivity index (χ1) is 14.5. The molecular formula is C21H28N4O3S2. The first kappa shape index (κ1) is 22.6. The highest BCUT2D eigenvalue weighted by Gasteiger charge is 2.29. The Kier molecular flexibility index (Phi) is 7.71. The van der Waals surface area contributed by atoms with Crippen molar-refractivity contribution in [3.63, 3.8) is 0 Å². The molecule has 1 atom stereocenters. The third-order valence-electron chi connectivity index (χ3n) is 5.00. The Bertz CT molecular complexity index is 935. The van der Waals surface area contributed by atoms with Crippen LogP contribution in [0.25, 0.3) is 0 Å². The summed E-state index contributed by atoms with van der Waals surface area (Å²) in [7, 11) is 0. The number of carbonyl (C=O) groups is 2. The summed E-state index contributed by atoms with van der Waals surface area (Å²) in [5, 5.41) is 12.6. The molecule has 0 bridgehead atoms. The lowest BCUT2D eigenvalue weighted by Crippen LogP contribution is -2.18.